The highest BCUT2D eigenvalue weighted by Gasteiger charge is 2.04. The van der Waals surface area contributed by atoms with Gasteiger partial charge in [-0.15, -0.1) is 5.92 Å². The third-order valence-electron chi connectivity index (χ3n) is 2.32. The summed E-state index contributed by atoms with van der Waals surface area (Å²) >= 11 is 0. The van der Waals surface area contributed by atoms with Crippen molar-refractivity contribution in [2.75, 3.05) is 0 Å². The highest BCUT2D eigenvalue weighted by molar-refractivity contribution is 5.65. The highest BCUT2D eigenvalue weighted by Crippen LogP contribution is 2.22. The van der Waals surface area contributed by atoms with E-state index >= 15 is 0 Å². The van der Waals surface area contributed by atoms with Crippen molar-refractivity contribution >= 4 is 0 Å². The second kappa shape index (κ2) is 4.63. The van der Waals surface area contributed by atoms with Gasteiger partial charge in [0.25, 0.3) is 0 Å². The zero-order chi connectivity index (χ0) is 11.4. The third kappa shape index (κ3) is 2.12. The van der Waals surface area contributed by atoms with E-state index in [1.54, 1.807) is 13.0 Å². The van der Waals surface area contributed by atoms with Gasteiger partial charge >= 0.3 is 0 Å². The van der Waals surface area contributed by atoms with Crippen LogP contribution in [0.3, 0.4) is 0 Å². The minimum Gasteiger partial charge on any atom is -0.206 e. The average Bonchev–Trinajstić information content (AvgIpc) is 2.31. The average molecular weight is 210 g/mol. The molecule has 2 aromatic carbocycles. The van der Waals surface area contributed by atoms with E-state index < -0.39 is 0 Å². The lowest BCUT2D eigenvalue weighted by Crippen LogP contribution is -1.85. The van der Waals surface area contributed by atoms with Crippen molar-refractivity contribution in [1.29, 1.82) is 0 Å². The predicted molar refractivity (Wildman–Crippen MR) is 64.4 cm³/mol. The van der Waals surface area contributed by atoms with Gasteiger partial charge in [0.2, 0.25) is 0 Å². The number of halogens is 1. The maximum absolute atomic E-state index is 13.8. The summed E-state index contributed by atoms with van der Waals surface area (Å²) in [5, 5.41) is 0. The van der Waals surface area contributed by atoms with E-state index in [9.17, 15) is 4.39 Å². The van der Waals surface area contributed by atoms with Gasteiger partial charge in [-0.3, -0.25) is 0 Å². The second-order valence-electron chi connectivity index (χ2n) is 3.44. The van der Waals surface area contributed by atoms with Gasteiger partial charge in [0, 0.05) is 11.1 Å². The summed E-state index contributed by atoms with van der Waals surface area (Å²) in [7, 11) is 0. The molecule has 1 heteroatoms. The third-order valence-corrected chi connectivity index (χ3v) is 2.32. The molecule has 2 rings (SSSR count). The molecule has 2 aromatic rings. The van der Waals surface area contributed by atoms with E-state index in [-0.39, 0.29) is 5.82 Å². The smallest absolute Gasteiger partial charge is 0.132 e. The molecule has 0 fully saturated rings. The van der Waals surface area contributed by atoms with Crippen LogP contribution in [0.1, 0.15) is 12.5 Å². The van der Waals surface area contributed by atoms with Crippen molar-refractivity contribution in [1.82, 2.24) is 0 Å². The lowest BCUT2D eigenvalue weighted by Gasteiger charge is -2.03. The molecular weight excluding hydrogens is 199 g/mol. The van der Waals surface area contributed by atoms with Crippen LogP contribution in [0.4, 0.5) is 4.39 Å². The van der Waals surface area contributed by atoms with Gasteiger partial charge in [-0.2, -0.15) is 0 Å². The fourth-order valence-corrected chi connectivity index (χ4v) is 1.59. The SMILES string of the molecule is CC#Cc1ccc(-c2ccccc2)c(F)c1. The summed E-state index contributed by atoms with van der Waals surface area (Å²) in [6.45, 7) is 1.74. The van der Waals surface area contributed by atoms with E-state index in [0.717, 1.165) is 5.56 Å². The molecule has 0 aliphatic rings. The maximum atomic E-state index is 13.8. The monoisotopic (exact) mass is 210 g/mol. The molecule has 0 N–H and O–H groups in total. The van der Waals surface area contributed by atoms with Gasteiger partial charge in [-0.1, -0.05) is 42.3 Å². The molecule has 0 spiro atoms. The Kier molecular flexibility index (Phi) is 3.03. The fraction of sp³-hybridized carbons (Fsp3) is 0.0667. The van der Waals surface area contributed by atoms with Crippen molar-refractivity contribution in [3.63, 3.8) is 0 Å². The molecule has 0 heterocycles. The van der Waals surface area contributed by atoms with E-state index in [1.165, 1.54) is 6.07 Å². The Morgan fingerprint density at radius 1 is 1.00 bits per heavy atom. The van der Waals surface area contributed by atoms with Gasteiger partial charge < -0.3 is 0 Å². The Morgan fingerprint density at radius 3 is 2.38 bits per heavy atom. The first-order valence-corrected chi connectivity index (χ1v) is 5.09. The normalized spacial score (nSPS) is 9.38. The summed E-state index contributed by atoms with van der Waals surface area (Å²) < 4.78 is 13.8. The first-order valence-electron chi connectivity index (χ1n) is 5.09. The quantitative estimate of drug-likeness (QED) is 0.627. The fourth-order valence-electron chi connectivity index (χ4n) is 1.59. The van der Waals surface area contributed by atoms with Crippen molar-refractivity contribution in [3.05, 3.63) is 59.9 Å². The predicted octanol–water partition coefficient (Wildman–Crippen LogP) is 3.86. The van der Waals surface area contributed by atoms with Crippen LogP contribution >= 0.6 is 0 Å². The summed E-state index contributed by atoms with van der Waals surface area (Å²) in [6.07, 6.45) is 0. The van der Waals surface area contributed by atoms with Crippen LogP contribution in [0, 0.1) is 17.7 Å². The molecule has 0 radical (unpaired) electrons. The van der Waals surface area contributed by atoms with E-state index in [4.69, 9.17) is 0 Å². The summed E-state index contributed by atoms with van der Waals surface area (Å²) in [5.74, 6) is 5.36. The summed E-state index contributed by atoms with van der Waals surface area (Å²) in [6, 6.07) is 14.6. The Hall–Kier alpha value is -2.07. The summed E-state index contributed by atoms with van der Waals surface area (Å²) in [4.78, 5) is 0. The lowest BCUT2D eigenvalue weighted by atomic mass is 10.0. The van der Waals surface area contributed by atoms with Crippen molar-refractivity contribution in [3.8, 4) is 23.0 Å². The molecule has 0 unspecified atom stereocenters. The maximum Gasteiger partial charge on any atom is 0.132 e. The molecule has 0 aliphatic carbocycles. The van der Waals surface area contributed by atoms with Gasteiger partial charge in [0.15, 0.2) is 0 Å². The zero-order valence-corrected chi connectivity index (χ0v) is 9.00. The molecule has 0 bridgehead atoms. The van der Waals surface area contributed by atoms with Crippen LogP contribution < -0.4 is 0 Å². The molecule has 0 atom stereocenters. The molecule has 0 aliphatic heterocycles. The van der Waals surface area contributed by atoms with Crippen molar-refractivity contribution < 1.29 is 4.39 Å². The number of hydrogen-bond acceptors (Lipinski definition) is 0. The number of benzene rings is 2. The Labute approximate surface area is 94.7 Å². The molecule has 0 saturated carbocycles. The molecular formula is C15H11F. The first-order chi connectivity index (χ1) is 7.81. The second-order valence-corrected chi connectivity index (χ2v) is 3.44. The molecule has 0 amide bonds. The minimum atomic E-state index is -0.230. The van der Waals surface area contributed by atoms with Gasteiger partial charge in [-0.25, -0.2) is 4.39 Å². The largest absolute Gasteiger partial charge is 0.206 e. The first kappa shape index (κ1) is 10.4. The molecule has 0 saturated heterocycles. The standard InChI is InChI=1S/C15H11F/c1-2-6-12-9-10-14(15(16)11-12)13-7-4-3-5-8-13/h3-5,7-11H,1H3. The van der Waals surface area contributed by atoms with Gasteiger partial charge in [-0.05, 0) is 24.6 Å². The van der Waals surface area contributed by atoms with Crippen LogP contribution in [0.25, 0.3) is 11.1 Å². The Bertz CT molecular complexity index is 545. The number of hydrogen-bond donors (Lipinski definition) is 0. The Balaban J connectivity index is 2.47. The van der Waals surface area contributed by atoms with E-state index in [0.29, 0.717) is 11.1 Å². The molecule has 78 valence electrons. The van der Waals surface area contributed by atoms with E-state index in [2.05, 4.69) is 11.8 Å². The number of rotatable bonds is 1. The zero-order valence-electron chi connectivity index (χ0n) is 9.00. The van der Waals surface area contributed by atoms with Crippen LogP contribution in [0.2, 0.25) is 0 Å². The van der Waals surface area contributed by atoms with Crippen LogP contribution in [-0.4, -0.2) is 0 Å². The van der Waals surface area contributed by atoms with Crippen LogP contribution in [-0.2, 0) is 0 Å². The van der Waals surface area contributed by atoms with Crippen LogP contribution in [0.15, 0.2) is 48.5 Å². The topological polar surface area (TPSA) is 0 Å². The Morgan fingerprint density at radius 2 is 1.75 bits per heavy atom. The molecule has 0 nitrogen and oxygen atoms in total. The van der Waals surface area contributed by atoms with Gasteiger partial charge in [0.1, 0.15) is 5.82 Å². The summed E-state index contributed by atoms with van der Waals surface area (Å²) in [5.41, 5.74) is 2.21. The van der Waals surface area contributed by atoms with Crippen molar-refractivity contribution in [2.45, 2.75) is 6.92 Å². The molecule has 0 aromatic heterocycles. The van der Waals surface area contributed by atoms with Crippen molar-refractivity contribution in [2.24, 2.45) is 0 Å². The minimum absolute atomic E-state index is 0.230. The highest BCUT2D eigenvalue weighted by atomic mass is 19.1. The van der Waals surface area contributed by atoms with E-state index in [1.807, 2.05) is 36.4 Å². The lowest BCUT2D eigenvalue weighted by molar-refractivity contribution is 0.631. The molecule has 16 heavy (non-hydrogen) atoms. The van der Waals surface area contributed by atoms with Crippen LogP contribution in [0.5, 0.6) is 0 Å². The van der Waals surface area contributed by atoms with Gasteiger partial charge in [0.05, 0.1) is 0 Å².